The Balaban J connectivity index is 1.31. The first-order valence-electron chi connectivity index (χ1n) is 13.2. The van der Waals surface area contributed by atoms with Crippen molar-refractivity contribution in [3.05, 3.63) is 96.3 Å². The standard InChI is InChI=1S/C30H23BrClN3O6S2/c1-2-40-21-13-15(3-12-20(21)41-14-22(36)33-18-8-6-17(32)7-9-18)23-24-26(42-27-25(23)43-30(39)34-27)29(38)35(28(24)37)19-10-4-16(31)5-11-19/h3-13,23-24,26H,2,14H2,1H3,(H,33,36)(H,34,39)/t23-,24?,26?/m1/s1. The van der Waals surface area contributed by atoms with Gasteiger partial charge < -0.3 is 19.8 Å². The highest BCUT2D eigenvalue weighted by Crippen LogP contribution is 2.53. The molecule has 220 valence electrons. The van der Waals surface area contributed by atoms with E-state index in [-0.39, 0.29) is 29.2 Å². The number of halogens is 2. The van der Waals surface area contributed by atoms with Crippen LogP contribution in [0.25, 0.3) is 0 Å². The van der Waals surface area contributed by atoms with Crippen molar-refractivity contribution < 1.29 is 23.9 Å². The zero-order valence-electron chi connectivity index (χ0n) is 22.5. The third-order valence-electron chi connectivity index (χ3n) is 7.02. The van der Waals surface area contributed by atoms with Crippen LogP contribution in [0.2, 0.25) is 5.02 Å². The topological polar surface area (TPSA) is 118 Å². The summed E-state index contributed by atoms with van der Waals surface area (Å²) in [5.41, 5.74) is 1.75. The molecule has 3 amide bonds. The first-order chi connectivity index (χ1) is 20.7. The predicted molar refractivity (Wildman–Crippen MR) is 170 cm³/mol. The van der Waals surface area contributed by atoms with Gasteiger partial charge in [0.25, 0.3) is 5.91 Å². The highest BCUT2D eigenvalue weighted by atomic mass is 79.9. The number of H-pyrrole nitrogens is 1. The molecule has 0 aliphatic carbocycles. The van der Waals surface area contributed by atoms with Gasteiger partial charge in [0.1, 0.15) is 5.25 Å². The first kappa shape index (κ1) is 29.5. The van der Waals surface area contributed by atoms with Crippen LogP contribution in [0.5, 0.6) is 11.5 Å². The van der Waals surface area contributed by atoms with Crippen molar-refractivity contribution >= 4 is 79.7 Å². The molecule has 2 N–H and O–H groups in total. The fourth-order valence-corrected chi connectivity index (χ4v) is 8.11. The number of amides is 3. The highest BCUT2D eigenvalue weighted by Gasteiger charge is 2.56. The van der Waals surface area contributed by atoms with E-state index in [0.29, 0.717) is 50.0 Å². The number of fused-ring (bicyclic) bond motifs is 2. The number of carbonyl (C=O) groups excluding carboxylic acids is 3. The maximum Gasteiger partial charge on any atom is 0.305 e. The van der Waals surface area contributed by atoms with Gasteiger partial charge in [0.05, 0.1) is 23.2 Å². The number of hydrogen-bond donors (Lipinski definition) is 2. The maximum atomic E-state index is 13.9. The number of imide groups is 1. The number of aromatic nitrogens is 1. The largest absolute Gasteiger partial charge is 0.490 e. The van der Waals surface area contributed by atoms with E-state index in [1.165, 1.54) is 16.7 Å². The third kappa shape index (κ3) is 5.84. The van der Waals surface area contributed by atoms with E-state index in [9.17, 15) is 19.2 Å². The molecule has 43 heavy (non-hydrogen) atoms. The molecule has 13 heteroatoms. The molecule has 1 fully saturated rings. The SMILES string of the molecule is CCOc1cc([C@H]2c3sc(=O)[nH]c3SC3C(=O)N(c4ccc(Br)cc4)C(=O)C32)ccc1OCC(=O)Nc1ccc(Cl)cc1. The Morgan fingerprint density at radius 1 is 1.00 bits per heavy atom. The van der Waals surface area contributed by atoms with Gasteiger partial charge in [-0.1, -0.05) is 56.7 Å². The summed E-state index contributed by atoms with van der Waals surface area (Å²) in [6.45, 7) is 1.87. The van der Waals surface area contributed by atoms with Crippen LogP contribution in [0.15, 0.2) is 81.0 Å². The normalized spacial score (nSPS) is 19.1. The number of carbonyl (C=O) groups is 3. The number of hydrogen-bond acceptors (Lipinski definition) is 8. The quantitative estimate of drug-likeness (QED) is 0.215. The molecule has 2 aliphatic heterocycles. The van der Waals surface area contributed by atoms with Crippen molar-refractivity contribution in [2.24, 2.45) is 5.92 Å². The van der Waals surface area contributed by atoms with E-state index in [1.807, 2.05) is 6.92 Å². The summed E-state index contributed by atoms with van der Waals surface area (Å²) in [5.74, 6) is -1.65. The van der Waals surface area contributed by atoms with Crippen LogP contribution in [0.1, 0.15) is 23.3 Å². The summed E-state index contributed by atoms with van der Waals surface area (Å²) in [7, 11) is 0. The lowest BCUT2D eigenvalue weighted by Crippen LogP contribution is -2.32. The number of thiazole rings is 1. The number of ether oxygens (including phenoxy) is 2. The molecule has 0 bridgehead atoms. The smallest absolute Gasteiger partial charge is 0.305 e. The van der Waals surface area contributed by atoms with Crippen molar-refractivity contribution in [2.45, 2.75) is 23.1 Å². The number of nitrogens with one attached hydrogen (secondary N) is 2. The van der Waals surface area contributed by atoms with Crippen molar-refractivity contribution in [1.29, 1.82) is 0 Å². The summed E-state index contributed by atoms with van der Waals surface area (Å²) < 4.78 is 12.5. The van der Waals surface area contributed by atoms with Gasteiger partial charge in [0.15, 0.2) is 18.1 Å². The van der Waals surface area contributed by atoms with E-state index >= 15 is 0 Å². The monoisotopic (exact) mass is 699 g/mol. The van der Waals surface area contributed by atoms with E-state index in [2.05, 4.69) is 26.2 Å². The third-order valence-corrected chi connectivity index (χ3v) is 10.2. The number of rotatable bonds is 8. The first-order valence-corrected chi connectivity index (χ1v) is 16.1. The Morgan fingerprint density at radius 3 is 2.47 bits per heavy atom. The van der Waals surface area contributed by atoms with Crippen LogP contribution in [0.4, 0.5) is 11.4 Å². The molecule has 1 aromatic heterocycles. The minimum atomic E-state index is -0.744. The molecule has 3 aromatic carbocycles. The number of anilines is 2. The molecule has 6 rings (SSSR count). The predicted octanol–water partition coefficient (Wildman–Crippen LogP) is 6.06. The fourth-order valence-electron chi connectivity index (χ4n) is 5.20. The second-order valence-corrected chi connectivity index (χ2v) is 13.2. The number of benzene rings is 3. The lowest BCUT2D eigenvalue weighted by molar-refractivity contribution is -0.122. The number of thioether (sulfide) groups is 1. The van der Waals surface area contributed by atoms with Gasteiger partial charge in [0.2, 0.25) is 11.8 Å². The molecular formula is C30H23BrClN3O6S2. The van der Waals surface area contributed by atoms with Crippen LogP contribution in [-0.2, 0) is 14.4 Å². The molecule has 0 saturated carbocycles. The summed E-state index contributed by atoms with van der Waals surface area (Å²) in [4.78, 5) is 57.1. The van der Waals surface area contributed by atoms with Gasteiger partial charge in [-0.3, -0.25) is 19.2 Å². The fraction of sp³-hybridized carbons (Fsp3) is 0.200. The van der Waals surface area contributed by atoms with Crippen molar-refractivity contribution in [3.8, 4) is 11.5 Å². The summed E-state index contributed by atoms with van der Waals surface area (Å²) in [5, 5.41) is 3.17. The Kier molecular flexibility index (Phi) is 8.36. The van der Waals surface area contributed by atoms with Crippen molar-refractivity contribution in [2.75, 3.05) is 23.4 Å². The average molecular weight is 701 g/mol. The lowest BCUT2D eigenvalue weighted by Gasteiger charge is -2.30. The molecule has 3 heterocycles. The molecule has 0 radical (unpaired) electrons. The second-order valence-electron chi connectivity index (χ2n) is 9.72. The van der Waals surface area contributed by atoms with E-state index in [0.717, 1.165) is 15.8 Å². The summed E-state index contributed by atoms with van der Waals surface area (Å²) in [6, 6.07) is 18.9. The zero-order valence-corrected chi connectivity index (χ0v) is 26.4. The Morgan fingerprint density at radius 2 is 1.74 bits per heavy atom. The molecule has 3 atom stereocenters. The van der Waals surface area contributed by atoms with Crippen molar-refractivity contribution in [3.63, 3.8) is 0 Å². The second kappa shape index (κ2) is 12.2. The van der Waals surface area contributed by atoms with Crippen LogP contribution >= 0.6 is 50.6 Å². The summed E-state index contributed by atoms with van der Waals surface area (Å²) >= 11 is 11.6. The zero-order chi connectivity index (χ0) is 30.2. The summed E-state index contributed by atoms with van der Waals surface area (Å²) in [6.07, 6.45) is 0. The van der Waals surface area contributed by atoms with Gasteiger partial charge in [-0.05, 0) is 73.2 Å². The minimum Gasteiger partial charge on any atom is -0.490 e. The van der Waals surface area contributed by atoms with Crippen LogP contribution in [-0.4, -0.2) is 41.2 Å². The number of aromatic amines is 1. The molecule has 1 saturated heterocycles. The van der Waals surface area contributed by atoms with Gasteiger partial charge >= 0.3 is 4.87 Å². The van der Waals surface area contributed by atoms with Crippen molar-refractivity contribution in [1.82, 2.24) is 4.98 Å². The average Bonchev–Trinajstić information content (AvgIpc) is 3.48. The van der Waals surface area contributed by atoms with Gasteiger partial charge in [-0.15, -0.1) is 0 Å². The van der Waals surface area contributed by atoms with Crippen LogP contribution in [0.3, 0.4) is 0 Å². The molecular weight excluding hydrogens is 678 g/mol. The molecule has 4 aromatic rings. The highest BCUT2D eigenvalue weighted by molar-refractivity contribution is 9.10. The van der Waals surface area contributed by atoms with Gasteiger partial charge in [0, 0.05) is 26.0 Å². The lowest BCUT2D eigenvalue weighted by atomic mass is 9.83. The van der Waals surface area contributed by atoms with E-state index in [4.69, 9.17) is 21.1 Å². The van der Waals surface area contributed by atoms with Crippen LogP contribution in [0, 0.1) is 5.92 Å². The Hall–Kier alpha value is -3.58. The Bertz CT molecular complexity index is 1780. The van der Waals surface area contributed by atoms with Gasteiger partial charge in [-0.25, -0.2) is 4.90 Å². The van der Waals surface area contributed by atoms with E-state index in [1.54, 1.807) is 66.7 Å². The molecule has 2 unspecified atom stereocenters. The molecule has 9 nitrogen and oxygen atoms in total. The van der Waals surface area contributed by atoms with Gasteiger partial charge in [-0.2, -0.15) is 0 Å². The molecule has 0 spiro atoms. The maximum absolute atomic E-state index is 13.9. The minimum absolute atomic E-state index is 0.260. The van der Waals surface area contributed by atoms with Crippen LogP contribution < -0.4 is 24.6 Å². The Labute approximate surface area is 267 Å². The van der Waals surface area contributed by atoms with E-state index < -0.39 is 17.1 Å². The number of nitrogens with zero attached hydrogens (tertiary/aromatic N) is 1. The molecule has 2 aliphatic rings.